The van der Waals surface area contributed by atoms with Gasteiger partial charge in [-0.3, -0.25) is 0 Å². The van der Waals surface area contributed by atoms with E-state index in [0.29, 0.717) is 23.5 Å². The van der Waals surface area contributed by atoms with E-state index < -0.39 is 0 Å². The zero-order valence-corrected chi connectivity index (χ0v) is 16.0. The predicted octanol–water partition coefficient (Wildman–Crippen LogP) is 5.13. The van der Waals surface area contributed by atoms with Gasteiger partial charge in [-0.1, -0.05) is 6.92 Å². The minimum absolute atomic E-state index is 0.113. The summed E-state index contributed by atoms with van der Waals surface area (Å²) in [5.41, 5.74) is 2.84. The van der Waals surface area contributed by atoms with Crippen molar-refractivity contribution >= 4 is 31.9 Å². The van der Waals surface area contributed by atoms with Crippen LogP contribution in [0.5, 0.6) is 5.75 Å². The van der Waals surface area contributed by atoms with Crippen molar-refractivity contribution in [1.29, 1.82) is 0 Å². The Morgan fingerprint density at radius 1 is 1.18 bits per heavy atom. The van der Waals surface area contributed by atoms with Crippen LogP contribution in [0.4, 0.5) is 0 Å². The van der Waals surface area contributed by atoms with Crippen molar-refractivity contribution in [2.75, 3.05) is 0 Å². The molecule has 2 fully saturated rings. The number of phenolic OH excluding ortho intramolecular Hbond substituents is 1. The Bertz CT molecular complexity index is 630. The highest BCUT2D eigenvalue weighted by molar-refractivity contribution is 9.11. The molecule has 1 aromatic rings. The van der Waals surface area contributed by atoms with Gasteiger partial charge in [-0.15, -0.1) is 0 Å². The van der Waals surface area contributed by atoms with E-state index >= 15 is 0 Å². The second-order valence-corrected chi connectivity index (χ2v) is 9.29. The molecule has 0 aromatic heterocycles. The summed E-state index contributed by atoms with van der Waals surface area (Å²) in [4.78, 5) is 0. The molecule has 22 heavy (non-hydrogen) atoms. The van der Waals surface area contributed by atoms with Gasteiger partial charge in [-0.05, 0) is 111 Å². The molecular formula is C18H22Br2O2. The van der Waals surface area contributed by atoms with E-state index in [9.17, 15) is 10.2 Å². The number of aliphatic hydroxyl groups excluding tert-OH is 1. The molecule has 0 heterocycles. The van der Waals surface area contributed by atoms with Crippen LogP contribution in [0.25, 0.3) is 0 Å². The largest absolute Gasteiger partial charge is 0.506 e. The predicted molar refractivity (Wildman–Crippen MR) is 94.1 cm³/mol. The average molecular weight is 430 g/mol. The summed E-state index contributed by atoms with van der Waals surface area (Å²) in [6, 6.07) is 2.14. The van der Waals surface area contributed by atoms with Gasteiger partial charge in [0.15, 0.2) is 0 Å². The molecule has 4 heteroatoms. The number of benzene rings is 1. The Morgan fingerprint density at radius 3 is 2.73 bits per heavy atom. The number of halogens is 2. The summed E-state index contributed by atoms with van der Waals surface area (Å²) in [6.45, 7) is 2.31. The van der Waals surface area contributed by atoms with E-state index in [-0.39, 0.29) is 11.5 Å². The number of hydrogen-bond donors (Lipinski definition) is 2. The molecular weight excluding hydrogens is 408 g/mol. The third-order valence-electron chi connectivity index (χ3n) is 6.84. The maximum absolute atomic E-state index is 10.4. The van der Waals surface area contributed by atoms with Crippen LogP contribution in [0.3, 0.4) is 0 Å². The van der Waals surface area contributed by atoms with E-state index in [1.165, 1.54) is 24.0 Å². The fraction of sp³-hybridized carbons (Fsp3) is 0.667. The first-order valence-electron chi connectivity index (χ1n) is 8.31. The molecule has 0 unspecified atom stereocenters. The second-order valence-electron chi connectivity index (χ2n) is 7.64. The van der Waals surface area contributed by atoms with E-state index in [2.05, 4.69) is 44.8 Å². The molecule has 1 aromatic carbocycles. The molecule has 2 nitrogen and oxygen atoms in total. The van der Waals surface area contributed by atoms with Crippen LogP contribution >= 0.6 is 31.9 Å². The number of rotatable bonds is 0. The summed E-state index contributed by atoms with van der Waals surface area (Å²) < 4.78 is 1.66. The van der Waals surface area contributed by atoms with Crippen LogP contribution in [0.1, 0.15) is 56.1 Å². The van der Waals surface area contributed by atoms with Crippen molar-refractivity contribution in [2.45, 2.75) is 57.5 Å². The summed E-state index contributed by atoms with van der Waals surface area (Å²) in [7, 11) is 0. The van der Waals surface area contributed by atoms with E-state index in [4.69, 9.17) is 0 Å². The molecule has 3 aliphatic carbocycles. The number of aliphatic hydroxyl groups is 1. The molecule has 4 rings (SSSR count). The summed E-state index contributed by atoms with van der Waals surface area (Å²) in [5.74, 6) is 2.25. The zero-order chi connectivity index (χ0) is 15.6. The monoisotopic (exact) mass is 428 g/mol. The fourth-order valence-corrected chi connectivity index (χ4v) is 6.96. The van der Waals surface area contributed by atoms with Crippen LogP contribution < -0.4 is 0 Å². The van der Waals surface area contributed by atoms with Gasteiger partial charge in [0.25, 0.3) is 0 Å². The minimum Gasteiger partial charge on any atom is -0.506 e. The molecule has 2 saturated carbocycles. The van der Waals surface area contributed by atoms with Gasteiger partial charge >= 0.3 is 0 Å². The maximum atomic E-state index is 10.4. The summed E-state index contributed by atoms with van der Waals surface area (Å²) in [5, 5.41) is 20.6. The lowest BCUT2D eigenvalue weighted by atomic mass is 9.55. The van der Waals surface area contributed by atoms with Gasteiger partial charge < -0.3 is 10.2 Å². The lowest BCUT2D eigenvalue weighted by Crippen LogP contribution is -2.44. The fourth-order valence-electron chi connectivity index (χ4n) is 5.61. The average Bonchev–Trinajstić information content (AvgIpc) is 2.80. The molecule has 0 saturated heterocycles. The zero-order valence-electron chi connectivity index (χ0n) is 12.8. The standard InChI is InChI=1S/C18H22Br2O2/c1-18-7-6-9-10(13(18)4-5-15(18)21)2-3-11-12(9)8-14(19)17(22)16(11)20/h8-10,13,15,21-22H,2-7H2,1H3/t9-,10-,13+,15+,18+/m1/s1. The highest BCUT2D eigenvalue weighted by Gasteiger charge is 2.54. The Labute approximate surface area is 148 Å². The van der Waals surface area contributed by atoms with Crippen LogP contribution in [0.2, 0.25) is 0 Å². The van der Waals surface area contributed by atoms with Gasteiger partial charge in [-0.25, -0.2) is 0 Å². The van der Waals surface area contributed by atoms with Crippen LogP contribution in [0.15, 0.2) is 15.0 Å². The van der Waals surface area contributed by atoms with Crippen molar-refractivity contribution in [3.63, 3.8) is 0 Å². The Hall–Kier alpha value is -0.0600. The van der Waals surface area contributed by atoms with E-state index in [1.54, 1.807) is 0 Å². The first kappa shape index (κ1) is 15.5. The Balaban J connectivity index is 1.76. The van der Waals surface area contributed by atoms with Crippen molar-refractivity contribution in [1.82, 2.24) is 0 Å². The number of phenols is 1. The molecule has 0 spiro atoms. The van der Waals surface area contributed by atoms with Gasteiger partial charge in [0.1, 0.15) is 5.75 Å². The van der Waals surface area contributed by atoms with Crippen LogP contribution in [0, 0.1) is 17.3 Å². The second kappa shape index (κ2) is 5.22. The highest BCUT2D eigenvalue weighted by Crippen LogP contribution is 2.61. The van der Waals surface area contributed by atoms with Gasteiger partial charge in [-0.2, -0.15) is 0 Å². The third kappa shape index (κ3) is 1.99. The first-order valence-corrected chi connectivity index (χ1v) is 9.90. The van der Waals surface area contributed by atoms with Crippen molar-refractivity contribution in [2.24, 2.45) is 17.3 Å². The first-order chi connectivity index (χ1) is 10.4. The minimum atomic E-state index is -0.113. The van der Waals surface area contributed by atoms with Gasteiger partial charge in [0, 0.05) is 0 Å². The van der Waals surface area contributed by atoms with Gasteiger partial charge in [0.2, 0.25) is 0 Å². The molecule has 3 aliphatic rings. The molecule has 2 N–H and O–H groups in total. The third-order valence-corrected chi connectivity index (χ3v) is 8.30. The highest BCUT2D eigenvalue weighted by atomic mass is 79.9. The lowest BCUT2D eigenvalue weighted by Gasteiger charge is -2.50. The van der Waals surface area contributed by atoms with E-state index in [0.717, 1.165) is 34.6 Å². The Kier molecular flexibility index (Phi) is 3.67. The number of hydrogen-bond acceptors (Lipinski definition) is 2. The number of aromatic hydroxyl groups is 1. The topological polar surface area (TPSA) is 40.5 Å². The maximum Gasteiger partial charge on any atom is 0.144 e. The smallest absolute Gasteiger partial charge is 0.144 e. The van der Waals surface area contributed by atoms with Crippen LogP contribution in [-0.2, 0) is 6.42 Å². The quantitative estimate of drug-likeness (QED) is 0.599. The van der Waals surface area contributed by atoms with Crippen LogP contribution in [-0.4, -0.2) is 16.3 Å². The van der Waals surface area contributed by atoms with Crippen molar-refractivity contribution < 1.29 is 10.2 Å². The molecule has 0 aliphatic heterocycles. The molecule has 0 radical (unpaired) electrons. The van der Waals surface area contributed by atoms with E-state index in [1.807, 2.05) is 0 Å². The SMILES string of the molecule is C[C@]12CC[C@H]3c4cc(Br)c(O)c(Br)c4CC[C@H]3[C@@H]1CC[C@@H]2O. The lowest BCUT2D eigenvalue weighted by molar-refractivity contribution is -0.0226. The Morgan fingerprint density at radius 2 is 1.95 bits per heavy atom. The molecule has 0 amide bonds. The normalized spacial score (nSPS) is 40.0. The molecule has 0 bridgehead atoms. The molecule has 5 atom stereocenters. The molecule has 120 valence electrons. The number of fused-ring (bicyclic) bond motifs is 5. The van der Waals surface area contributed by atoms with Crippen molar-refractivity contribution in [3.8, 4) is 5.75 Å². The van der Waals surface area contributed by atoms with Gasteiger partial charge in [0.05, 0.1) is 15.0 Å². The van der Waals surface area contributed by atoms with Crippen molar-refractivity contribution in [3.05, 3.63) is 26.1 Å². The summed E-state index contributed by atoms with van der Waals surface area (Å²) in [6.07, 6.45) is 6.53. The summed E-state index contributed by atoms with van der Waals surface area (Å²) >= 11 is 7.09.